The van der Waals surface area contributed by atoms with Gasteiger partial charge in [-0.3, -0.25) is 24.4 Å². The van der Waals surface area contributed by atoms with Crippen LogP contribution in [0.4, 0.5) is 11.4 Å². The molecule has 0 saturated heterocycles. The van der Waals surface area contributed by atoms with E-state index < -0.39 is 6.17 Å². The topological polar surface area (TPSA) is 98.4 Å². The molecule has 0 spiro atoms. The van der Waals surface area contributed by atoms with Gasteiger partial charge in [0, 0.05) is 24.1 Å². The van der Waals surface area contributed by atoms with Gasteiger partial charge in [0.1, 0.15) is 6.17 Å². The first-order chi connectivity index (χ1) is 15.0. The van der Waals surface area contributed by atoms with Crippen molar-refractivity contribution in [1.29, 1.82) is 0 Å². The first kappa shape index (κ1) is 19.0. The minimum absolute atomic E-state index is 0.0959. The molecule has 0 fully saturated rings. The van der Waals surface area contributed by atoms with E-state index in [1.165, 1.54) is 0 Å². The van der Waals surface area contributed by atoms with Crippen LogP contribution in [0.3, 0.4) is 0 Å². The molecular formula is C23H21N5O3. The Morgan fingerprint density at radius 1 is 1.03 bits per heavy atom. The van der Waals surface area contributed by atoms with E-state index >= 15 is 0 Å². The highest BCUT2D eigenvalue weighted by Crippen LogP contribution is 2.45. The fourth-order valence-corrected chi connectivity index (χ4v) is 4.36. The van der Waals surface area contributed by atoms with Gasteiger partial charge in [0.25, 0.3) is 11.8 Å². The number of benzene rings is 2. The number of nitrogens with one attached hydrogen (secondary N) is 2. The molecule has 3 aromatic rings. The van der Waals surface area contributed by atoms with Gasteiger partial charge in [0.15, 0.2) is 0 Å². The van der Waals surface area contributed by atoms with Crippen LogP contribution >= 0.6 is 0 Å². The summed E-state index contributed by atoms with van der Waals surface area (Å²) in [7, 11) is 0. The zero-order valence-corrected chi connectivity index (χ0v) is 17.2. The van der Waals surface area contributed by atoms with Crippen LogP contribution in [0.15, 0.2) is 48.5 Å². The molecule has 1 atom stereocenters. The van der Waals surface area contributed by atoms with Crippen molar-refractivity contribution in [2.75, 3.05) is 16.8 Å². The number of aromatic amines is 1. The van der Waals surface area contributed by atoms with Gasteiger partial charge in [-0.1, -0.05) is 30.3 Å². The Kier molecular flexibility index (Phi) is 4.35. The summed E-state index contributed by atoms with van der Waals surface area (Å²) in [5.41, 5.74) is 4.55. The van der Waals surface area contributed by atoms with Gasteiger partial charge in [0.05, 0.1) is 28.3 Å². The Bertz CT molecular complexity index is 1210. The smallest absolute Gasteiger partial charge is 0.260 e. The number of aromatic nitrogens is 2. The number of anilines is 2. The number of aryl methyl sites for hydroxylation is 2. The van der Waals surface area contributed by atoms with E-state index in [9.17, 15) is 14.4 Å². The number of carbonyl (C=O) groups excluding carboxylic acids is 3. The molecule has 0 unspecified atom stereocenters. The minimum Gasteiger partial charge on any atom is -0.323 e. The largest absolute Gasteiger partial charge is 0.323 e. The number of amides is 3. The average Bonchev–Trinajstić information content (AvgIpc) is 3.25. The summed E-state index contributed by atoms with van der Waals surface area (Å²) in [6, 6.07) is 14.4. The van der Waals surface area contributed by atoms with Crippen molar-refractivity contribution in [3.63, 3.8) is 0 Å². The Morgan fingerprint density at radius 3 is 2.48 bits per heavy atom. The van der Waals surface area contributed by atoms with Crippen molar-refractivity contribution in [3.8, 4) is 0 Å². The van der Waals surface area contributed by atoms with Crippen LogP contribution in [0.25, 0.3) is 0 Å². The number of para-hydroxylation sites is 1. The Labute approximate surface area is 178 Å². The van der Waals surface area contributed by atoms with Crippen LogP contribution < -0.4 is 10.2 Å². The summed E-state index contributed by atoms with van der Waals surface area (Å²) in [6.45, 7) is 3.82. The molecule has 0 aliphatic carbocycles. The van der Waals surface area contributed by atoms with Crippen LogP contribution in [-0.4, -0.2) is 39.4 Å². The van der Waals surface area contributed by atoms with E-state index in [0.717, 1.165) is 11.3 Å². The summed E-state index contributed by atoms with van der Waals surface area (Å²) in [4.78, 5) is 42.4. The van der Waals surface area contributed by atoms with Crippen molar-refractivity contribution in [1.82, 2.24) is 15.1 Å². The summed E-state index contributed by atoms with van der Waals surface area (Å²) in [5.74, 6) is -0.548. The number of fused-ring (bicyclic) bond motifs is 5. The van der Waals surface area contributed by atoms with Crippen molar-refractivity contribution in [2.45, 2.75) is 26.4 Å². The molecule has 8 heteroatoms. The second-order valence-electron chi connectivity index (χ2n) is 7.76. The number of hydrogen-bond donors (Lipinski definition) is 2. The predicted octanol–water partition coefficient (Wildman–Crippen LogP) is 3.17. The lowest BCUT2D eigenvalue weighted by atomic mass is 10.0. The SMILES string of the molecule is Cc1n[nH]c(C)c1NC(=O)CCN1C(=O)c2ccccc2N2C(=O)c3ccccc3[C@@H]12. The summed E-state index contributed by atoms with van der Waals surface area (Å²) in [5, 5.41) is 9.79. The molecule has 5 rings (SSSR count). The highest BCUT2D eigenvalue weighted by atomic mass is 16.2. The lowest BCUT2D eigenvalue weighted by Crippen LogP contribution is -2.49. The molecule has 2 N–H and O–H groups in total. The molecule has 0 bridgehead atoms. The fourth-order valence-electron chi connectivity index (χ4n) is 4.36. The Hall–Kier alpha value is -3.94. The maximum atomic E-state index is 13.4. The highest BCUT2D eigenvalue weighted by molar-refractivity contribution is 6.16. The van der Waals surface area contributed by atoms with Crippen molar-refractivity contribution in [3.05, 3.63) is 76.6 Å². The molecule has 0 radical (unpaired) electrons. The standard InChI is InChI=1S/C23H21N5O3/c1-13-20(14(2)26-25-13)24-19(29)11-12-27-21-15-7-3-4-8-16(15)23(31)28(21)18-10-6-5-9-17(18)22(27)30/h3-10,21H,11-12H2,1-2H3,(H,24,29)(H,25,26)/t21-/m0/s1. The van der Waals surface area contributed by atoms with Gasteiger partial charge < -0.3 is 10.2 Å². The van der Waals surface area contributed by atoms with Gasteiger partial charge in [0.2, 0.25) is 5.91 Å². The lowest BCUT2D eigenvalue weighted by molar-refractivity contribution is -0.116. The molecule has 8 nitrogen and oxygen atoms in total. The zero-order chi connectivity index (χ0) is 21.7. The first-order valence-electron chi connectivity index (χ1n) is 10.1. The molecule has 3 heterocycles. The molecule has 31 heavy (non-hydrogen) atoms. The number of nitrogens with zero attached hydrogens (tertiary/aromatic N) is 3. The number of hydrogen-bond acceptors (Lipinski definition) is 4. The normalized spacial score (nSPS) is 16.8. The van der Waals surface area contributed by atoms with Crippen LogP contribution in [0.1, 0.15) is 50.3 Å². The first-order valence-corrected chi connectivity index (χ1v) is 10.1. The minimum atomic E-state index is -0.559. The number of rotatable bonds is 4. The van der Waals surface area contributed by atoms with Crippen molar-refractivity contribution >= 4 is 29.1 Å². The molecule has 2 aliphatic rings. The third-order valence-corrected chi connectivity index (χ3v) is 5.86. The van der Waals surface area contributed by atoms with E-state index in [0.29, 0.717) is 28.2 Å². The van der Waals surface area contributed by atoms with Gasteiger partial charge in [-0.05, 0) is 32.0 Å². The van der Waals surface area contributed by atoms with E-state index in [2.05, 4.69) is 15.5 Å². The third kappa shape index (κ3) is 2.91. The molecule has 2 aliphatic heterocycles. The van der Waals surface area contributed by atoms with Gasteiger partial charge in [-0.25, -0.2) is 0 Å². The van der Waals surface area contributed by atoms with E-state index in [-0.39, 0.29) is 30.7 Å². The summed E-state index contributed by atoms with van der Waals surface area (Å²) in [6.07, 6.45) is -0.463. The predicted molar refractivity (Wildman–Crippen MR) is 115 cm³/mol. The molecule has 1 aromatic heterocycles. The van der Waals surface area contributed by atoms with Crippen LogP contribution in [-0.2, 0) is 4.79 Å². The number of carbonyl (C=O) groups is 3. The fraction of sp³-hybridized carbons (Fsp3) is 0.217. The summed E-state index contributed by atoms with van der Waals surface area (Å²) < 4.78 is 0. The molecule has 3 amide bonds. The quantitative estimate of drug-likeness (QED) is 0.684. The maximum Gasteiger partial charge on any atom is 0.260 e. The van der Waals surface area contributed by atoms with Crippen LogP contribution in [0.2, 0.25) is 0 Å². The second kappa shape index (κ2) is 7.09. The van der Waals surface area contributed by atoms with E-state index in [4.69, 9.17) is 0 Å². The van der Waals surface area contributed by atoms with Gasteiger partial charge in [-0.2, -0.15) is 5.10 Å². The molecule has 2 aromatic carbocycles. The van der Waals surface area contributed by atoms with Crippen LogP contribution in [0, 0.1) is 13.8 Å². The monoisotopic (exact) mass is 415 g/mol. The maximum absolute atomic E-state index is 13.4. The highest BCUT2D eigenvalue weighted by Gasteiger charge is 2.47. The molecule has 156 valence electrons. The molecule has 0 saturated carbocycles. The molecular weight excluding hydrogens is 394 g/mol. The second-order valence-corrected chi connectivity index (χ2v) is 7.76. The Morgan fingerprint density at radius 2 is 1.74 bits per heavy atom. The van der Waals surface area contributed by atoms with Crippen molar-refractivity contribution in [2.24, 2.45) is 0 Å². The van der Waals surface area contributed by atoms with Crippen molar-refractivity contribution < 1.29 is 14.4 Å². The lowest BCUT2D eigenvalue weighted by Gasteiger charge is -2.40. The third-order valence-electron chi connectivity index (χ3n) is 5.86. The van der Waals surface area contributed by atoms with Crippen LogP contribution in [0.5, 0.6) is 0 Å². The van der Waals surface area contributed by atoms with Gasteiger partial charge >= 0.3 is 0 Å². The number of H-pyrrole nitrogens is 1. The average molecular weight is 415 g/mol. The van der Waals surface area contributed by atoms with E-state index in [1.807, 2.05) is 38.1 Å². The summed E-state index contributed by atoms with van der Waals surface area (Å²) >= 11 is 0. The van der Waals surface area contributed by atoms with Gasteiger partial charge in [-0.15, -0.1) is 0 Å². The Balaban J connectivity index is 1.46. The zero-order valence-electron chi connectivity index (χ0n) is 17.2. The van der Waals surface area contributed by atoms with E-state index in [1.54, 1.807) is 34.1 Å².